The number of methoxy groups -OCH3 is 1. The Labute approximate surface area is 194 Å². The normalized spacial score (nSPS) is 11.1. The SMILES string of the molecule is COc1cc(/C=C(\C#N)C(=O)Nc2ccc(C)c(Cl)c2)ccc1Cc1cc(C)cc(C)c1. The first-order valence-electron chi connectivity index (χ1n) is 10.2. The molecule has 1 N–H and O–H groups in total. The molecule has 0 fully saturated rings. The van der Waals surface area contributed by atoms with Crippen LogP contribution in [0, 0.1) is 32.1 Å². The number of rotatable bonds is 6. The molecule has 0 atom stereocenters. The van der Waals surface area contributed by atoms with Crippen LogP contribution in [0.3, 0.4) is 0 Å². The van der Waals surface area contributed by atoms with Crippen LogP contribution in [0.15, 0.2) is 60.2 Å². The summed E-state index contributed by atoms with van der Waals surface area (Å²) in [4.78, 5) is 12.6. The smallest absolute Gasteiger partial charge is 0.266 e. The van der Waals surface area contributed by atoms with Gasteiger partial charge in [-0.25, -0.2) is 0 Å². The van der Waals surface area contributed by atoms with Gasteiger partial charge in [-0.05, 0) is 67.3 Å². The standard InChI is InChI=1S/C27H25ClN2O2/c1-17-9-18(2)11-21(10-17)13-22-7-6-20(14-26(22)32-4)12-23(16-29)27(31)30-24-8-5-19(3)25(28)15-24/h5-12,14-15H,13H2,1-4H3,(H,30,31)/b23-12+. The highest BCUT2D eigenvalue weighted by atomic mass is 35.5. The average molecular weight is 445 g/mol. The molecule has 0 spiro atoms. The van der Waals surface area contributed by atoms with Crippen LogP contribution >= 0.6 is 11.6 Å². The van der Waals surface area contributed by atoms with Crippen molar-refractivity contribution in [2.75, 3.05) is 12.4 Å². The lowest BCUT2D eigenvalue weighted by Gasteiger charge is -2.11. The number of carbonyl (C=O) groups is 1. The number of carbonyl (C=O) groups excluding carboxylic acids is 1. The zero-order valence-corrected chi connectivity index (χ0v) is 19.4. The highest BCUT2D eigenvalue weighted by Gasteiger charge is 2.12. The van der Waals surface area contributed by atoms with E-state index < -0.39 is 5.91 Å². The van der Waals surface area contributed by atoms with E-state index in [1.54, 1.807) is 25.3 Å². The van der Waals surface area contributed by atoms with Gasteiger partial charge in [0, 0.05) is 17.1 Å². The van der Waals surface area contributed by atoms with Crippen molar-refractivity contribution in [2.24, 2.45) is 0 Å². The Bertz CT molecular complexity index is 1220. The first-order valence-corrected chi connectivity index (χ1v) is 10.6. The summed E-state index contributed by atoms with van der Waals surface area (Å²) in [5, 5.41) is 12.8. The molecule has 162 valence electrons. The molecular formula is C27H25ClN2O2. The quantitative estimate of drug-likeness (QED) is 0.353. The number of hydrogen-bond donors (Lipinski definition) is 1. The summed E-state index contributed by atoms with van der Waals surface area (Å²) in [6.45, 7) is 6.05. The van der Waals surface area contributed by atoms with Gasteiger partial charge in [0.1, 0.15) is 17.4 Å². The fourth-order valence-corrected chi connectivity index (χ4v) is 3.75. The lowest BCUT2D eigenvalue weighted by atomic mass is 9.98. The maximum absolute atomic E-state index is 12.6. The summed E-state index contributed by atoms with van der Waals surface area (Å²) < 4.78 is 5.59. The molecule has 0 saturated heterocycles. The Hall–Kier alpha value is -3.55. The summed E-state index contributed by atoms with van der Waals surface area (Å²) in [5.41, 5.74) is 6.83. The highest BCUT2D eigenvalue weighted by Crippen LogP contribution is 2.26. The van der Waals surface area contributed by atoms with Gasteiger partial charge in [-0.2, -0.15) is 5.26 Å². The second kappa shape index (κ2) is 10.2. The second-order valence-corrected chi connectivity index (χ2v) is 8.24. The van der Waals surface area contributed by atoms with Crippen LogP contribution in [0.25, 0.3) is 6.08 Å². The third-order valence-electron chi connectivity index (χ3n) is 5.09. The van der Waals surface area contributed by atoms with Crippen molar-refractivity contribution in [1.29, 1.82) is 5.26 Å². The van der Waals surface area contributed by atoms with Crippen molar-refractivity contribution >= 4 is 29.3 Å². The fraction of sp³-hybridized carbons (Fsp3) is 0.185. The molecule has 0 radical (unpaired) electrons. The summed E-state index contributed by atoms with van der Waals surface area (Å²) >= 11 is 6.12. The predicted octanol–water partition coefficient (Wildman–Crippen LogP) is 6.41. The molecule has 0 aliphatic rings. The van der Waals surface area contributed by atoms with Crippen LogP contribution in [-0.2, 0) is 11.2 Å². The van der Waals surface area contributed by atoms with Gasteiger partial charge in [-0.1, -0.05) is 59.1 Å². The van der Waals surface area contributed by atoms with Crippen LogP contribution in [-0.4, -0.2) is 13.0 Å². The van der Waals surface area contributed by atoms with Crippen molar-refractivity contribution in [2.45, 2.75) is 27.2 Å². The topological polar surface area (TPSA) is 62.1 Å². The van der Waals surface area contributed by atoms with E-state index in [4.69, 9.17) is 16.3 Å². The van der Waals surface area contributed by atoms with Crippen molar-refractivity contribution in [3.05, 3.63) is 98.6 Å². The Morgan fingerprint density at radius 1 is 1.06 bits per heavy atom. The average Bonchev–Trinajstić information content (AvgIpc) is 2.74. The Balaban J connectivity index is 1.83. The number of halogens is 1. The van der Waals surface area contributed by atoms with Crippen molar-refractivity contribution in [1.82, 2.24) is 0 Å². The second-order valence-electron chi connectivity index (χ2n) is 7.83. The molecule has 3 aromatic rings. The number of amides is 1. The summed E-state index contributed by atoms with van der Waals surface area (Å²) in [7, 11) is 1.62. The molecule has 0 aromatic heterocycles. The molecule has 0 bridgehead atoms. The molecule has 3 aromatic carbocycles. The predicted molar refractivity (Wildman–Crippen MR) is 130 cm³/mol. The maximum Gasteiger partial charge on any atom is 0.266 e. The highest BCUT2D eigenvalue weighted by molar-refractivity contribution is 6.31. The van der Waals surface area contributed by atoms with Crippen molar-refractivity contribution in [3.8, 4) is 11.8 Å². The van der Waals surface area contributed by atoms with Gasteiger partial charge in [-0.3, -0.25) is 4.79 Å². The molecule has 0 unspecified atom stereocenters. The molecule has 5 heteroatoms. The molecule has 0 aliphatic carbocycles. The van der Waals surface area contributed by atoms with Gasteiger partial charge < -0.3 is 10.1 Å². The monoisotopic (exact) mass is 444 g/mol. The third kappa shape index (κ3) is 5.78. The van der Waals surface area contributed by atoms with E-state index in [1.807, 2.05) is 37.3 Å². The zero-order valence-electron chi connectivity index (χ0n) is 18.6. The number of anilines is 1. The zero-order chi connectivity index (χ0) is 23.3. The van der Waals surface area contributed by atoms with Crippen LogP contribution < -0.4 is 10.1 Å². The fourth-order valence-electron chi connectivity index (χ4n) is 3.57. The number of nitrogens with zero attached hydrogens (tertiary/aromatic N) is 1. The minimum absolute atomic E-state index is 0.00851. The van der Waals surface area contributed by atoms with E-state index in [2.05, 4.69) is 37.4 Å². The van der Waals surface area contributed by atoms with Crippen molar-refractivity contribution < 1.29 is 9.53 Å². The van der Waals surface area contributed by atoms with Crippen LogP contribution in [0.2, 0.25) is 5.02 Å². The van der Waals surface area contributed by atoms with Gasteiger partial charge in [0.15, 0.2) is 0 Å². The molecule has 32 heavy (non-hydrogen) atoms. The Kier molecular flexibility index (Phi) is 7.35. The van der Waals surface area contributed by atoms with Crippen molar-refractivity contribution in [3.63, 3.8) is 0 Å². The lowest BCUT2D eigenvalue weighted by Crippen LogP contribution is -2.13. The summed E-state index contributed by atoms with van der Waals surface area (Å²) in [6.07, 6.45) is 2.28. The van der Waals surface area contributed by atoms with Crippen LogP contribution in [0.1, 0.15) is 33.4 Å². The first kappa shape index (κ1) is 23.1. The van der Waals surface area contributed by atoms with Gasteiger partial charge in [0.25, 0.3) is 5.91 Å². The van der Waals surface area contributed by atoms with E-state index in [0.717, 1.165) is 17.5 Å². The van der Waals surface area contributed by atoms with E-state index in [9.17, 15) is 10.1 Å². The number of aryl methyl sites for hydroxylation is 3. The van der Waals surface area contributed by atoms with E-state index in [1.165, 1.54) is 16.7 Å². The molecule has 1 amide bonds. The molecule has 4 nitrogen and oxygen atoms in total. The summed E-state index contributed by atoms with van der Waals surface area (Å²) in [6, 6.07) is 19.4. The van der Waals surface area contributed by atoms with Crippen LogP contribution in [0.5, 0.6) is 5.75 Å². The molecule has 3 rings (SSSR count). The Morgan fingerprint density at radius 3 is 2.41 bits per heavy atom. The molecule has 0 aliphatic heterocycles. The molecular weight excluding hydrogens is 420 g/mol. The number of benzene rings is 3. The maximum atomic E-state index is 12.6. The molecule has 0 heterocycles. The molecule has 0 saturated carbocycles. The Morgan fingerprint density at radius 2 is 1.78 bits per heavy atom. The van der Waals surface area contributed by atoms with E-state index in [0.29, 0.717) is 22.0 Å². The largest absolute Gasteiger partial charge is 0.496 e. The third-order valence-corrected chi connectivity index (χ3v) is 5.50. The van der Waals surface area contributed by atoms with E-state index >= 15 is 0 Å². The minimum Gasteiger partial charge on any atom is -0.496 e. The number of nitriles is 1. The van der Waals surface area contributed by atoms with Gasteiger partial charge in [0.2, 0.25) is 0 Å². The first-order chi connectivity index (χ1) is 15.3. The summed E-state index contributed by atoms with van der Waals surface area (Å²) in [5.74, 6) is 0.214. The minimum atomic E-state index is -0.495. The van der Waals surface area contributed by atoms with Gasteiger partial charge in [-0.15, -0.1) is 0 Å². The number of hydrogen-bond acceptors (Lipinski definition) is 3. The van der Waals surface area contributed by atoms with E-state index in [-0.39, 0.29) is 5.57 Å². The lowest BCUT2D eigenvalue weighted by molar-refractivity contribution is -0.112. The van der Waals surface area contributed by atoms with Gasteiger partial charge in [0.05, 0.1) is 7.11 Å². The number of ether oxygens (including phenoxy) is 1. The van der Waals surface area contributed by atoms with Gasteiger partial charge >= 0.3 is 0 Å². The number of nitrogens with one attached hydrogen (secondary N) is 1. The van der Waals surface area contributed by atoms with Crippen LogP contribution in [0.4, 0.5) is 5.69 Å².